The summed E-state index contributed by atoms with van der Waals surface area (Å²) in [7, 11) is 1.75. The van der Waals surface area contributed by atoms with E-state index in [-0.39, 0.29) is 0 Å². The second kappa shape index (κ2) is 6.81. The summed E-state index contributed by atoms with van der Waals surface area (Å²) in [5.74, 6) is 0. The van der Waals surface area contributed by atoms with Gasteiger partial charge in [0.2, 0.25) is 0 Å². The predicted molar refractivity (Wildman–Crippen MR) is 71.7 cm³/mol. The van der Waals surface area contributed by atoms with E-state index in [9.17, 15) is 0 Å². The highest BCUT2D eigenvalue weighted by atomic mass is 16.5. The molecule has 1 atom stereocenters. The lowest BCUT2D eigenvalue weighted by atomic mass is 10.1. The van der Waals surface area contributed by atoms with Crippen molar-refractivity contribution in [1.29, 1.82) is 0 Å². The van der Waals surface area contributed by atoms with E-state index in [1.807, 2.05) is 0 Å². The van der Waals surface area contributed by atoms with Crippen molar-refractivity contribution in [3.8, 4) is 0 Å². The molecule has 1 aromatic heterocycles. The van der Waals surface area contributed by atoms with E-state index >= 15 is 0 Å². The quantitative estimate of drug-likeness (QED) is 0.796. The van der Waals surface area contributed by atoms with Gasteiger partial charge in [-0.3, -0.25) is 0 Å². The standard InChI is InChI=1S/C14H23N3O/c1-3-7-15-11(9-18-2)8-14-12-5-4-6-13(12)16-10-17-14/h10-11,15H,3-9H2,1-2H3. The zero-order chi connectivity index (χ0) is 12.8. The van der Waals surface area contributed by atoms with E-state index in [0.717, 1.165) is 38.8 Å². The molecular weight excluding hydrogens is 226 g/mol. The van der Waals surface area contributed by atoms with Gasteiger partial charge in [0.15, 0.2) is 0 Å². The maximum atomic E-state index is 5.29. The molecule has 0 amide bonds. The number of aromatic nitrogens is 2. The highest BCUT2D eigenvalue weighted by Gasteiger charge is 2.19. The largest absolute Gasteiger partial charge is 0.383 e. The molecule has 1 aliphatic rings. The van der Waals surface area contributed by atoms with Gasteiger partial charge in [0, 0.05) is 31.0 Å². The maximum Gasteiger partial charge on any atom is 0.115 e. The van der Waals surface area contributed by atoms with E-state index < -0.39 is 0 Å². The molecule has 18 heavy (non-hydrogen) atoms. The van der Waals surface area contributed by atoms with Crippen LogP contribution in [0.15, 0.2) is 6.33 Å². The molecule has 0 fully saturated rings. The van der Waals surface area contributed by atoms with Crippen molar-refractivity contribution in [2.24, 2.45) is 0 Å². The lowest BCUT2D eigenvalue weighted by molar-refractivity contribution is 0.165. The second-order valence-electron chi connectivity index (χ2n) is 4.91. The predicted octanol–water partition coefficient (Wildman–Crippen LogP) is 1.52. The van der Waals surface area contributed by atoms with Crippen molar-refractivity contribution >= 4 is 0 Å². The van der Waals surface area contributed by atoms with E-state index in [0.29, 0.717) is 6.04 Å². The molecule has 0 aliphatic heterocycles. The topological polar surface area (TPSA) is 47.0 Å². The lowest BCUT2D eigenvalue weighted by Crippen LogP contribution is -2.36. The molecule has 0 radical (unpaired) electrons. The van der Waals surface area contributed by atoms with Crippen LogP contribution < -0.4 is 5.32 Å². The first-order chi connectivity index (χ1) is 8.85. The number of hydrogen-bond donors (Lipinski definition) is 1. The summed E-state index contributed by atoms with van der Waals surface area (Å²) in [4.78, 5) is 8.85. The summed E-state index contributed by atoms with van der Waals surface area (Å²) in [6.07, 6.45) is 7.27. The number of methoxy groups -OCH3 is 1. The van der Waals surface area contributed by atoms with Gasteiger partial charge >= 0.3 is 0 Å². The number of nitrogens with one attached hydrogen (secondary N) is 1. The number of hydrogen-bond acceptors (Lipinski definition) is 4. The van der Waals surface area contributed by atoms with Gasteiger partial charge in [-0.2, -0.15) is 0 Å². The Morgan fingerprint density at radius 3 is 3.06 bits per heavy atom. The molecule has 100 valence electrons. The third-order valence-corrected chi connectivity index (χ3v) is 3.45. The van der Waals surface area contributed by atoms with Gasteiger partial charge in [-0.25, -0.2) is 9.97 Å². The first-order valence-corrected chi connectivity index (χ1v) is 6.89. The summed E-state index contributed by atoms with van der Waals surface area (Å²) in [6, 6.07) is 0.356. The third-order valence-electron chi connectivity index (χ3n) is 3.45. The summed E-state index contributed by atoms with van der Waals surface area (Å²) in [5.41, 5.74) is 3.85. The van der Waals surface area contributed by atoms with Gasteiger partial charge in [0.25, 0.3) is 0 Å². The van der Waals surface area contributed by atoms with Crippen LogP contribution in [0.3, 0.4) is 0 Å². The molecule has 1 aliphatic carbocycles. The zero-order valence-electron chi connectivity index (χ0n) is 11.4. The first-order valence-electron chi connectivity index (χ1n) is 6.89. The SMILES string of the molecule is CCCNC(COC)Cc1ncnc2c1CCC2. The van der Waals surface area contributed by atoms with Crippen LogP contribution in [0.2, 0.25) is 0 Å². The first kappa shape index (κ1) is 13.4. The van der Waals surface area contributed by atoms with Crippen molar-refractivity contribution in [2.45, 2.75) is 45.1 Å². The molecular formula is C14H23N3O. The number of aryl methyl sites for hydroxylation is 1. The molecule has 4 nitrogen and oxygen atoms in total. The van der Waals surface area contributed by atoms with Crippen molar-refractivity contribution in [3.63, 3.8) is 0 Å². The van der Waals surface area contributed by atoms with E-state index in [1.165, 1.54) is 23.4 Å². The van der Waals surface area contributed by atoms with Crippen LogP contribution in [0.4, 0.5) is 0 Å². The number of ether oxygens (including phenoxy) is 1. The monoisotopic (exact) mass is 249 g/mol. The Hall–Kier alpha value is -1.00. The third kappa shape index (κ3) is 3.27. The van der Waals surface area contributed by atoms with Gasteiger partial charge in [0.05, 0.1) is 6.61 Å². The minimum absolute atomic E-state index is 0.356. The molecule has 1 N–H and O–H groups in total. The summed E-state index contributed by atoms with van der Waals surface area (Å²) in [5, 5.41) is 3.52. The van der Waals surface area contributed by atoms with Crippen LogP contribution in [-0.4, -0.2) is 36.3 Å². The molecule has 0 saturated carbocycles. The van der Waals surface area contributed by atoms with E-state index in [1.54, 1.807) is 13.4 Å². The zero-order valence-corrected chi connectivity index (χ0v) is 11.4. The Balaban J connectivity index is 2.04. The van der Waals surface area contributed by atoms with E-state index in [4.69, 9.17) is 4.74 Å². The summed E-state index contributed by atoms with van der Waals surface area (Å²) >= 11 is 0. The molecule has 0 spiro atoms. The summed E-state index contributed by atoms with van der Waals surface area (Å²) in [6.45, 7) is 3.94. The van der Waals surface area contributed by atoms with Crippen molar-refractivity contribution < 1.29 is 4.74 Å². The molecule has 0 bridgehead atoms. The molecule has 1 unspecified atom stereocenters. The molecule has 0 aromatic carbocycles. The summed E-state index contributed by atoms with van der Waals surface area (Å²) < 4.78 is 5.29. The minimum Gasteiger partial charge on any atom is -0.383 e. The van der Waals surface area contributed by atoms with Gasteiger partial charge in [-0.15, -0.1) is 0 Å². The van der Waals surface area contributed by atoms with E-state index in [2.05, 4.69) is 22.2 Å². The molecule has 0 saturated heterocycles. The van der Waals surface area contributed by atoms with Crippen LogP contribution in [0.5, 0.6) is 0 Å². The Labute approximate surface area is 109 Å². The Morgan fingerprint density at radius 2 is 2.28 bits per heavy atom. The van der Waals surface area contributed by atoms with Crippen molar-refractivity contribution in [1.82, 2.24) is 15.3 Å². The smallest absolute Gasteiger partial charge is 0.115 e. The molecule has 1 aromatic rings. The Morgan fingerprint density at radius 1 is 1.39 bits per heavy atom. The van der Waals surface area contributed by atoms with Crippen LogP contribution in [-0.2, 0) is 24.0 Å². The fraction of sp³-hybridized carbons (Fsp3) is 0.714. The second-order valence-corrected chi connectivity index (χ2v) is 4.91. The fourth-order valence-electron chi connectivity index (χ4n) is 2.58. The van der Waals surface area contributed by atoms with Gasteiger partial charge in [-0.1, -0.05) is 6.92 Å². The Bertz CT molecular complexity index is 381. The van der Waals surface area contributed by atoms with Gasteiger partial charge < -0.3 is 10.1 Å². The molecule has 2 rings (SSSR count). The van der Waals surface area contributed by atoms with Gasteiger partial charge in [0.1, 0.15) is 6.33 Å². The average Bonchev–Trinajstić information content (AvgIpc) is 2.85. The number of fused-ring (bicyclic) bond motifs is 1. The molecule has 1 heterocycles. The van der Waals surface area contributed by atoms with Crippen LogP contribution in [0, 0.1) is 0 Å². The molecule has 4 heteroatoms. The van der Waals surface area contributed by atoms with Crippen molar-refractivity contribution in [3.05, 3.63) is 23.3 Å². The van der Waals surface area contributed by atoms with Crippen LogP contribution in [0.1, 0.15) is 36.7 Å². The highest BCUT2D eigenvalue weighted by Crippen LogP contribution is 2.22. The fourth-order valence-corrected chi connectivity index (χ4v) is 2.58. The Kier molecular flexibility index (Phi) is 5.08. The van der Waals surface area contributed by atoms with Crippen LogP contribution in [0.25, 0.3) is 0 Å². The maximum absolute atomic E-state index is 5.29. The van der Waals surface area contributed by atoms with Crippen LogP contribution >= 0.6 is 0 Å². The number of rotatable bonds is 7. The normalized spacial score (nSPS) is 15.7. The van der Waals surface area contributed by atoms with Crippen molar-refractivity contribution in [2.75, 3.05) is 20.3 Å². The number of nitrogens with zero attached hydrogens (tertiary/aromatic N) is 2. The van der Waals surface area contributed by atoms with Gasteiger partial charge in [-0.05, 0) is 37.8 Å². The minimum atomic E-state index is 0.356. The average molecular weight is 249 g/mol. The highest BCUT2D eigenvalue weighted by molar-refractivity contribution is 5.29. The lowest BCUT2D eigenvalue weighted by Gasteiger charge is -2.18.